The largest absolute Gasteiger partial charge is 0.382 e. The maximum absolute atomic E-state index is 12.3. The molecule has 0 bridgehead atoms. The number of fused-ring (bicyclic) bond motifs is 7. The lowest BCUT2D eigenvalue weighted by Gasteiger charge is -2.57. The first-order valence-electron chi connectivity index (χ1n) is 10.0. The van der Waals surface area contributed by atoms with Crippen LogP contribution in [0.15, 0.2) is 22.8 Å². The van der Waals surface area contributed by atoms with Crippen LogP contribution < -0.4 is 0 Å². The zero-order valence-electron chi connectivity index (χ0n) is 15.7. The number of aliphatic hydroxyl groups is 1. The quantitative estimate of drug-likeness (QED) is 0.753. The zero-order chi connectivity index (χ0) is 18.6. The molecule has 1 N–H and O–H groups in total. The molecule has 0 unspecified atom stereocenters. The van der Waals surface area contributed by atoms with Crippen LogP contribution in [0, 0.1) is 40.4 Å². The van der Waals surface area contributed by atoms with E-state index in [-0.39, 0.29) is 40.2 Å². The average Bonchev–Trinajstić information content (AvgIpc) is 3.33. The molecule has 0 aromatic rings. The first-order valence-corrected chi connectivity index (χ1v) is 10.4. The Morgan fingerprint density at radius 3 is 2.58 bits per heavy atom. The summed E-state index contributed by atoms with van der Waals surface area (Å²) in [6, 6.07) is 0. The molecule has 0 amide bonds. The second-order valence-electron chi connectivity index (χ2n) is 9.91. The van der Waals surface area contributed by atoms with Crippen molar-refractivity contribution in [3.05, 3.63) is 22.8 Å². The van der Waals surface area contributed by atoms with Crippen molar-refractivity contribution in [2.45, 2.75) is 58.5 Å². The third-order valence-corrected chi connectivity index (χ3v) is 9.56. The van der Waals surface area contributed by atoms with Crippen molar-refractivity contribution in [2.24, 2.45) is 40.4 Å². The predicted octanol–water partition coefficient (Wildman–Crippen LogP) is 4.04. The number of allylic oxidation sites excluding steroid dienone is 4. The zero-order valence-corrected chi connectivity index (χ0v) is 16.5. The summed E-state index contributed by atoms with van der Waals surface area (Å²) in [5.41, 5.74) is -0.566. The first-order chi connectivity index (χ1) is 12.1. The SMILES string of the molecule is CC(=O)[C@@]1(O)CC[C@H]2[C@H]3C=C(Cl)C4=CC(=O)[C@@H]5C[C@@H]5[C@]4(C)[C@H]3CC[C@@]21C. The van der Waals surface area contributed by atoms with E-state index in [4.69, 9.17) is 11.6 Å². The van der Waals surface area contributed by atoms with Crippen molar-refractivity contribution in [1.29, 1.82) is 0 Å². The molecular formula is C22H27ClO3. The summed E-state index contributed by atoms with van der Waals surface area (Å²) in [6.07, 6.45) is 8.25. The number of rotatable bonds is 1. The Labute approximate surface area is 159 Å². The minimum absolute atomic E-state index is 0.0344. The number of hydrogen-bond acceptors (Lipinski definition) is 3. The van der Waals surface area contributed by atoms with E-state index in [1.807, 2.05) is 6.08 Å². The van der Waals surface area contributed by atoms with E-state index in [0.717, 1.165) is 36.3 Å². The maximum Gasteiger partial charge on any atom is 0.161 e. The number of halogens is 1. The van der Waals surface area contributed by atoms with Crippen LogP contribution in [0.4, 0.5) is 0 Å². The summed E-state index contributed by atoms with van der Waals surface area (Å²) in [5, 5.41) is 11.9. The van der Waals surface area contributed by atoms with Crippen LogP contribution in [0.2, 0.25) is 0 Å². The lowest BCUT2D eigenvalue weighted by molar-refractivity contribution is -0.157. The third-order valence-electron chi connectivity index (χ3n) is 9.23. The third kappa shape index (κ3) is 1.75. The number of carbonyl (C=O) groups is 2. The summed E-state index contributed by atoms with van der Waals surface area (Å²) in [7, 11) is 0. The molecule has 140 valence electrons. The number of ketones is 2. The smallest absolute Gasteiger partial charge is 0.161 e. The molecule has 0 spiro atoms. The fraction of sp³-hybridized carbons (Fsp3) is 0.727. The van der Waals surface area contributed by atoms with Gasteiger partial charge in [0.1, 0.15) is 5.60 Å². The molecule has 0 heterocycles. The van der Waals surface area contributed by atoms with E-state index >= 15 is 0 Å². The summed E-state index contributed by atoms with van der Waals surface area (Å²) >= 11 is 6.73. The maximum atomic E-state index is 12.3. The van der Waals surface area contributed by atoms with E-state index in [9.17, 15) is 14.7 Å². The number of Topliss-reactive ketones (excluding diaryl/α,β-unsaturated/α-hetero) is 1. The van der Waals surface area contributed by atoms with E-state index in [1.165, 1.54) is 6.92 Å². The molecule has 5 rings (SSSR count). The van der Waals surface area contributed by atoms with Crippen molar-refractivity contribution in [3.8, 4) is 0 Å². The van der Waals surface area contributed by atoms with Gasteiger partial charge in [-0.2, -0.15) is 0 Å². The Hall–Kier alpha value is -0.930. The van der Waals surface area contributed by atoms with Gasteiger partial charge in [0.2, 0.25) is 0 Å². The van der Waals surface area contributed by atoms with Crippen LogP contribution in [0.25, 0.3) is 0 Å². The second-order valence-corrected chi connectivity index (χ2v) is 10.3. The summed E-state index contributed by atoms with van der Waals surface area (Å²) < 4.78 is 0. The van der Waals surface area contributed by atoms with Crippen LogP contribution in [-0.2, 0) is 9.59 Å². The fourth-order valence-electron chi connectivity index (χ4n) is 7.56. The Morgan fingerprint density at radius 1 is 1.19 bits per heavy atom. The molecule has 0 aromatic carbocycles. The van der Waals surface area contributed by atoms with E-state index in [2.05, 4.69) is 19.9 Å². The van der Waals surface area contributed by atoms with Gasteiger partial charge in [-0.25, -0.2) is 0 Å². The molecule has 4 heteroatoms. The Balaban J connectivity index is 1.62. The van der Waals surface area contributed by atoms with Gasteiger partial charge in [0.25, 0.3) is 0 Å². The minimum Gasteiger partial charge on any atom is -0.382 e. The van der Waals surface area contributed by atoms with Gasteiger partial charge in [-0.05, 0) is 74.3 Å². The first kappa shape index (κ1) is 17.2. The van der Waals surface area contributed by atoms with Crippen LogP contribution >= 0.6 is 11.6 Å². The summed E-state index contributed by atoms with van der Waals surface area (Å²) in [6.45, 7) is 5.97. The van der Waals surface area contributed by atoms with Gasteiger partial charge in [-0.3, -0.25) is 9.59 Å². The van der Waals surface area contributed by atoms with Crippen molar-refractivity contribution in [3.63, 3.8) is 0 Å². The van der Waals surface area contributed by atoms with Gasteiger partial charge >= 0.3 is 0 Å². The topological polar surface area (TPSA) is 54.4 Å². The summed E-state index contributed by atoms with van der Waals surface area (Å²) in [5.74, 6) is 1.78. The van der Waals surface area contributed by atoms with E-state index in [1.54, 1.807) is 0 Å². The van der Waals surface area contributed by atoms with Gasteiger partial charge in [0.15, 0.2) is 11.6 Å². The monoisotopic (exact) mass is 374 g/mol. The molecule has 5 aliphatic rings. The lowest BCUT2D eigenvalue weighted by Crippen LogP contribution is -2.56. The Kier molecular flexibility index (Phi) is 3.25. The highest BCUT2D eigenvalue weighted by Gasteiger charge is 2.69. The molecule has 5 aliphatic carbocycles. The minimum atomic E-state index is -1.20. The summed E-state index contributed by atoms with van der Waals surface area (Å²) in [4.78, 5) is 24.6. The van der Waals surface area contributed by atoms with Crippen LogP contribution in [-0.4, -0.2) is 22.3 Å². The molecule has 3 fully saturated rings. The van der Waals surface area contributed by atoms with Gasteiger partial charge in [-0.1, -0.05) is 31.5 Å². The van der Waals surface area contributed by atoms with E-state index in [0.29, 0.717) is 18.3 Å². The van der Waals surface area contributed by atoms with Gasteiger partial charge < -0.3 is 5.11 Å². The standard InChI is InChI=1S/C22H27ClO3/c1-11(24)22(26)7-5-14-12-9-18(23)17-10-19(25)13-8-16(13)21(17,3)15(12)4-6-20(14,22)2/h9-10,12-16,26H,4-8H2,1-3H3/t12-,13-,14+,15+,16+,20+,21+,22+/m1/s1. The van der Waals surface area contributed by atoms with Gasteiger partial charge in [0, 0.05) is 21.8 Å². The Bertz CT molecular complexity index is 797. The molecule has 0 aromatic heterocycles. The molecule has 0 aliphatic heterocycles. The van der Waals surface area contributed by atoms with Gasteiger partial charge in [0.05, 0.1) is 0 Å². The molecule has 3 saturated carbocycles. The highest BCUT2D eigenvalue weighted by atomic mass is 35.5. The lowest BCUT2D eigenvalue weighted by atomic mass is 9.47. The second kappa shape index (κ2) is 4.91. The fourth-order valence-corrected chi connectivity index (χ4v) is 7.96. The normalized spacial score (nSPS) is 54.3. The van der Waals surface area contributed by atoms with Crippen molar-refractivity contribution >= 4 is 23.2 Å². The predicted molar refractivity (Wildman–Crippen MR) is 99.4 cm³/mol. The molecule has 3 nitrogen and oxygen atoms in total. The van der Waals surface area contributed by atoms with Crippen molar-refractivity contribution < 1.29 is 14.7 Å². The highest BCUT2D eigenvalue weighted by molar-refractivity contribution is 6.32. The van der Waals surface area contributed by atoms with Crippen molar-refractivity contribution in [2.75, 3.05) is 0 Å². The van der Waals surface area contributed by atoms with Crippen molar-refractivity contribution in [1.82, 2.24) is 0 Å². The van der Waals surface area contributed by atoms with E-state index < -0.39 is 5.60 Å². The van der Waals surface area contributed by atoms with Crippen LogP contribution in [0.3, 0.4) is 0 Å². The number of hydrogen-bond donors (Lipinski definition) is 1. The molecule has 8 atom stereocenters. The molecule has 0 radical (unpaired) electrons. The van der Waals surface area contributed by atoms with Crippen LogP contribution in [0.5, 0.6) is 0 Å². The molecular weight excluding hydrogens is 348 g/mol. The average molecular weight is 375 g/mol. The van der Waals surface area contributed by atoms with Crippen LogP contribution in [0.1, 0.15) is 52.9 Å². The highest BCUT2D eigenvalue weighted by Crippen LogP contribution is 2.72. The molecule has 26 heavy (non-hydrogen) atoms. The van der Waals surface area contributed by atoms with Gasteiger partial charge in [-0.15, -0.1) is 0 Å². The number of carbonyl (C=O) groups excluding carboxylic acids is 2. The Morgan fingerprint density at radius 2 is 1.88 bits per heavy atom. The molecule has 0 saturated heterocycles.